The number of anilines is 2. The largest absolute Gasteiger partial charge is 0.362 e. The normalized spacial score (nSPS) is 10.8. The van der Waals surface area contributed by atoms with Crippen LogP contribution in [-0.4, -0.2) is 35.2 Å². The maximum Gasteiger partial charge on any atom is 0.261 e. The van der Waals surface area contributed by atoms with E-state index in [1.54, 1.807) is 18.3 Å². The van der Waals surface area contributed by atoms with Gasteiger partial charge in [0.25, 0.3) is 5.91 Å². The van der Waals surface area contributed by atoms with Gasteiger partial charge in [0, 0.05) is 26.2 Å². The van der Waals surface area contributed by atoms with Crippen molar-refractivity contribution >= 4 is 28.2 Å². The standard InChI is InChI=1S/C15H21N5OS/c1-5-10(6-2)14-18-19-15(22-14)17-13(21)11-8-7-9-16-12(11)20(3)4/h7-10H,5-6H2,1-4H3,(H,17,19,21). The quantitative estimate of drug-likeness (QED) is 0.885. The van der Waals surface area contributed by atoms with Crippen molar-refractivity contribution in [2.45, 2.75) is 32.6 Å². The second-order valence-corrected chi connectivity index (χ2v) is 6.19. The average Bonchev–Trinajstić information content (AvgIpc) is 2.96. The summed E-state index contributed by atoms with van der Waals surface area (Å²) in [5.74, 6) is 0.813. The summed E-state index contributed by atoms with van der Waals surface area (Å²) < 4.78 is 0. The van der Waals surface area contributed by atoms with E-state index < -0.39 is 0 Å². The Morgan fingerprint density at radius 1 is 1.32 bits per heavy atom. The number of rotatable bonds is 6. The number of pyridine rings is 1. The van der Waals surface area contributed by atoms with Gasteiger partial charge in [0.15, 0.2) is 0 Å². The lowest BCUT2D eigenvalue weighted by atomic mass is 10.1. The highest BCUT2D eigenvalue weighted by molar-refractivity contribution is 7.15. The third-order valence-electron chi connectivity index (χ3n) is 3.45. The van der Waals surface area contributed by atoms with E-state index in [2.05, 4.69) is 34.3 Å². The number of carbonyl (C=O) groups is 1. The monoisotopic (exact) mass is 319 g/mol. The molecule has 0 aliphatic heterocycles. The molecule has 0 saturated carbocycles. The molecule has 2 aromatic rings. The van der Waals surface area contributed by atoms with Crippen LogP contribution in [0.2, 0.25) is 0 Å². The minimum Gasteiger partial charge on any atom is -0.362 e. The molecule has 0 aromatic carbocycles. The third-order valence-corrected chi connectivity index (χ3v) is 4.45. The highest BCUT2D eigenvalue weighted by Gasteiger charge is 2.17. The molecule has 2 heterocycles. The molecule has 0 spiro atoms. The third kappa shape index (κ3) is 3.59. The first-order valence-electron chi connectivity index (χ1n) is 7.33. The summed E-state index contributed by atoms with van der Waals surface area (Å²) in [6, 6.07) is 3.50. The van der Waals surface area contributed by atoms with E-state index in [-0.39, 0.29) is 5.91 Å². The highest BCUT2D eigenvalue weighted by atomic mass is 32.1. The molecule has 1 N–H and O–H groups in total. The molecule has 2 aromatic heterocycles. The molecule has 1 amide bonds. The summed E-state index contributed by atoms with van der Waals surface area (Å²) >= 11 is 1.44. The first kappa shape index (κ1) is 16.4. The van der Waals surface area contributed by atoms with Gasteiger partial charge in [0.05, 0.1) is 5.56 Å². The lowest BCUT2D eigenvalue weighted by Crippen LogP contribution is -2.19. The van der Waals surface area contributed by atoms with Gasteiger partial charge >= 0.3 is 0 Å². The Labute approximate surface area is 134 Å². The Hall–Kier alpha value is -2.02. The summed E-state index contributed by atoms with van der Waals surface area (Å²) in [6.07, 6.45) is 3.71. The van der Waals surface area contributed by atoms with Crippen molar-refractivity contribution < 1.29 is 4.79 Å². The number of nitrogens with one attached hydrogen (secondary N) is 1. The van der Waals surface area contributed by atoms with Crippen molar-refractivity contribution in [2.75, 3.05) is 24.3 Å². The second-order valence-electron chi connectivity index (χ2n) is 5.18. The van der Waals surface area contributed by atoms with Gasteiger partial charge in [-0.15, -0.1) is 10.2 Å². The van der Waals surface area contributed by atoms with Gasteiger partial charge in [-0.2, -0.15) is 0 Å². The summed E-state index contributed by atoms with van der Waals surface area (Å²) in [4.78, 5) is 18.5. The molecule has 7 heteroatoms. The SMILES string of the molecule is CCC(CC)c1nnc(NC(=O)c2cccnc2N(C)C)s1. The number of amides is 1. The number of nitrogens with zero attached hydrogens (tertiary/aromatic N) is 4. The molecule has 0 fully saturated rings. The lowest BCUT2D eigenvalue weighted by Gasteiger charge is -2.14. The van der Waals surface area contributed by atoms with Gasteiger partial charge in [-0.05, 0) is 25.0 Å². The molecule has 0 bridgehead atoms. The van der Waals surface area contributed by atoms with Crippen molar-refractivity contribution in [3.8, 4) is 0 Å². The van der Waals surface area contributed by atoms with Gasteiger partial charge in [0.1, 0.15) is 10.8 Å². The van der Waals surface area contributed by atoms with Crippen LogP contribution >= 0.6 is 11.3 Å². The zero-order valence-corrected chi connectivity index (χ0v) is 14.1. The minimum absolute atomic E-state index is 0.218. The molecule has 0 radical (unpaired) electrons. The van der Waals surface area contributed by atoms with Gasteiger partial charge in [-0.1, -0.05) is 25.2 Å². The minimum atomic E-state index is -0.218. The van der Waals surface area contributed by atoms with Crippen LogP contribution in [0.3, 0.4) is 0 Å². The van der Waals surface area contributed by atoms with Crippen LogP contribution in [0, 0.1) is 0 Å². The van der Waals surface area contributed by atoms with E-state index in [0.717, 1.165) is 17.8 Å². The van der Waals surface area contributed by atoms with Crippen molar-refractivity contribution in [2.24, 2.45) is 0 Å². The molecule has 0 aliphatic rings. The van der Waals surface area contributed by atoms with E-state index in [1.807, 2.05) is 19.0 Å². The molecule has 0 saturated heterocycles. The van der Waals surface area contributed by atoms with Crippen molar-refractivity contribution in [1.29, 1.82) is 0 Å². The van der Waals surface area contributed by atoms with Crippen LogP contribution in [0.25, 0.3) is 0 Å². The number of carbonyl (C=O) groups excluding carboxylic acids is 1. The van der Waals surface area contributed by atoms with Crippen molar-refractivity contribution in [3.63, 3.8) is 0 Å². The molecule has 6 nitrogen and oxygen atoms in total. The molecule has 2 rings (SSSR count). The van der Waals surface area contributed by atoms with Gasteiger partial charge < -0.3 is 4.90 Å². The predicted molar refractivity (Wildman–Crippen MR) is 89.7 cm³/mol. The van der Waals surface area contributed by atoms with Crippen LogP contribution in [-0.2, 0) is 0 Å². The van der Waals surface area contributed by atoms with Gasteiger partial charge in [-0.3, -0.25) is 10.1 Å². The van der Waals surface area contributed by atoms with Crippen LogP contribution in [0.5, 0.6) is 0 Å². The molecular formula is C15H21N5OS. The van der Waals surface area contributed by atoms with E-state index in [0.29, 0.717) is 22.4 Å². The first-order valence-corrected chi connectivity index (χ1v) is 8.15. The van der Waals surface area contributed by atoms with Crippen LogP contribution < -0.4 is 10.2 Å². The summed E-state index contributed by atoms with van der Waals surface area (Å²) in [6.45, 7) is 4.26. The van der Waals surface area contributed by atoms with Crippen LogP contribution in [0.4, 0.5) is 10.9 Å². The predicted octanol–water partition coefficient (Wildman–Crippen LogP) is 3.16. The Bertz CT molecular complexity index is 636. The maximum atomic E-state index is 12.4. The van der Waals surface area contributed by atoms with E-state index in [4.69, 9.17) is 0 Å². The van der Waals surface area contributed by atoms with Gasteiger partial charge in [-0.25, -0.2) is 4.98 Å². The number of hydrogen-bond acceptors (Lipinski definition) is 6. The van der Waals surface area contributed by atoms with E-state index >= 15 is 0 Å². The van der Waals surface area contributed by atoms with E-state index in [1.165, 1.54) is 11.3 Å². The Morgan fingerprint density at radius 2 is 2.05 bits per heavy atom. The van der Waals surface area contributed by atoms with E-state index in [9.17, 15) is 4.79 Å². The molecule has 0 unspecified atom stereocenters. The van der Waals surface area contributed by atoms with Gasteiger partial charge in [0.2, 0.25) is 5.13 Å². The number of hydrogen-bond donors (Lipinski definition) is 1. The van der Waals surface area contributed by atoms with Crippen LogP contribution in [0.1, 0.15) is 48.0 Å². The molecule has 22 heavy (non-hydrogen) atoms. The fourth-order valence-electron chi connectivity index (χ4n) is 2.18. The highest BCUT2D eigenvalue weighted by Crippen LogP contribution is 2.28. The van der Waals surface area contributed by atoms with Crippen molar-refractivity contribution in [1.82, 2.24) is 15.2 Å². The first-order chi connectivity index (χ1) is 10.6. The summed E-state index contributed by atoms with van der Waals surface area (Å²) in [5, 5.41) is 12.6. The molecular weight excluding hydrogens is 298 g/mol. The Morgan fingerprint density at radius 3 is 2.68 bits per heavy atom. The topological polar surface area (TPSA) is 71.0 Å². The fraction of sp³-hybridized carbons (Fsp3) is 0.467. The Balaban J connectivity index is 2.16. The molecule has 118 valence electrons. The second kappa shape index (κ2) is 7.31. The smallest absolute Gasteiger partial charge is 0.261 e. The summed E-state index contributed by atoms with van der Waals surface area (Å²) in [7, 11) is 3.71. The Kier molecular flexibility index (Phi) is 5.43. The fourth-order valence-corrected chi connectivity index (χ4v) is 3.19. The maximum absolute atomic E-state index is 12.4. The number of aromatic nitrogens is 3. The average molecular weight is 319 g/mol. The summed E-state index contributed by atoms with van der Waals surface area (Å²) in [5.41, 5.74) is 0.520. The molecule has 0 atom stereocenters. The van der Waals surface area contributed by atoms with Crippen molar-refractivity contribution in [3.05, 3.63) is 28.9 Å². The zero-order valence-electron chi connectivity index (χ0n) is 13.3. The van der Waals surface area contributed by atoms with Crippen LogP contribution in [0.15, 0.2) is 18.3 Å². The lowest BCUT2D eigenvalue weighted by molar-refractivity contribution is 0.102. The molecule has 0 aliphatic carbocycles. The zero-order chi connectivity index (χ0) is 16.1.